The Balaban J connectivity index is 0.000000423. The molecule has 1 rings (SSSR count). The second kappa shape index (κ2) is 8.93. The predicted octanol–water partition coefficient (Wildman–Crippen LogP) is 4.58. The van der Waals surface area contributed by atoms with E-state index in [0.717, 1.165) is 19.1 Å². The van der Waals surface area contributed by atoms with Crippen LogP contribution in [-0.2, 0) is 11.3 Å². The SMILES string of the molecule is CC(C)C.CC(C)COCc1cccs1. The molecule has 0 aromatic carbocycles. The first-order valence-electron chi connectivity index (χ1n) is 5.62. The molecule has 0 fully saturated rings. The first-order chi connectivity index (χ1) is 7.02. The Kier molecular flexibility index (Phi) is 8.73. The quantitative estimate of drug-likeness (QED) is 0.733. The molecule has 0 aliphatic heterocycles. The molecule has 0 atom stereocenters. The van der Waals surface area contributed by atoms with Gasteiger partial charge in [-0.05, 0) is 23.3 Å². The number of hydrogen-bond acceptors (Lipinski definition) is 2. The normalized spacial score (nSPS) is 10.3. The van der Waals surface area contributed by atoms with Crippen molar-refractivity contribution in [3.05, 3.63) is 22.4 Å². The molecule has 0 radical (unpaired) electrons. The highest BCUT2D eigenvalue weighted by Crippen LogP contribution is 2.09. The molecular weight excluding hydrogens is 204 g/mol. The molecule has 15 heavy (non-hydrogen) atoms. The molecule has 2 heteroatoms. The lowest BCUT2D eigenvalue weighted by atomic mass is 10.2. The van der Waals surface area contributed by atoms with Gasteiger partial charge in [-0.25, -0.2) is 0 Å². The van der Waals surface area contributed by atoms with Crippen molar-refractivity contribution in [3.8, 4) is 0 Å². The minimum Gasteiger partial charge on any atom is -0.376 e. The Morgan fingerprint density at radius 3 is 2.20 bits per heavy atom. The predicted molar refractivity (Wildman–Crippen MR) is 69.3 cm³/mol. The van der Waals surface area contributed by atoms with Crippen LogP contribution in [0.3, 0.4) is 0 Å². The van der Waals surface area contributed by atoms with Crippen LogP contribution in [0.4, 0.5) is 0 Å². The second-order valence-electron chi connectivity index (χ2n) is 4.72. The fourth-order valence-corrected chi connectivity index (χ4v) is 1.43. The Morgan fingerprint density at radius 1 is 1.20 bits per heavy atom. The van der Waals surface area contributed by atoms with Gasteiger partial charge < -0.3 is 4.74 Å². The molecule has 0 spiro atoms. The van der Waals surface area contributed by atoms with Gasteiger partial charge in [0.2, 0.25) is 0 Å². The lowest BCUT2D eigenvalue weighted by molar-refractivity contribution is 0.0989. The zero-order valence-electron chi connectivity index (χ0n) is 10.6. The molecule has 0 N–H and O–H groups in total. The van der Waals surface area contributed by atoms with E-state index in [9.17, 15) is 0 Å². The summed E-state index contributed by atoms with van der Waals surface area (Å²) in [7, 11) is 0. The molecule has 1 aromatic heterocycles. The summed E-state index contributed by atoms with van der Waals surface area (Å²) in [6, 6.07) is 4.16. The van der Waals surface area contributed by atoms with Gasteiger partial charge in [-0.15, -0.1) is 11.3 Å². The van der Waals surface area contributed by atoms with E-state index < -0.39 is 0 Å². The third-order valence-corrected chi connectivity index (χ3v) is 2.13. The zero-order chi connectivity index (χ0) is 11.7. The van der Waals surface area contributed by atoms with E-state index in [1.54, 1.807) is 11.3 Å². The Hall–Kier alpha value is -0.340. The highest BCUT2D eigenvalue weighted by molar-refractivity contribution is 7.09. The molecule has 0 saturated heterocycles. The summed E-state index contributed by atoms with van der Waals surface area (Å²) < 4.78 is 5.45. The van der Waals surface area contributed by atoms with E-state index in [4.69, 9.17) is 4.74 Å². The standard InChI is InChI=1S/C9H14OS.C4H10/c1-8(2)6-10-7-9-4-3-5-11-9;1-4(2)3/h3-5,8H,6-7H2,1-2H3;4H,1-3H3. The van der Waals surface area contributed by atoms with Crippen LogP contribution in [0.2, 0.25) is 0 Å². The summed E-state index contributed by atoms with van der Waals surface area (Å²) in [5, 5.41) is 2.08. The molecule has 0 aliphatic carbocycles. The molecule has 0 bridgehead atoms. The maximum atomic E-state index is 5.45. The average Bonchev–Trinajstić information content (AvgIpc) is 2.54. The fraction of sp³-hybridized carbons (Fsp3) is 0.692. The summed E-state index contributed by atoms with van der Waals surface area (Å²) in [5.41, 5.74) is 0. The molecule has 0 saturated carbocycles. The van der Waals surface area contributed by atoms with E-state index in [0.29, 0.717) is 5.92 Å². The first-order valence-corrected chi connectivity index (χ1v) is 6.50. The second-order valence-corrected chi connectivity index (χ2v) is 5.75. The van der Waals surface area contributed by atoms with Crippen molar-refractivity contribution in [1.82, 2.24) is 0 Å². The number of ether oxygens (including phenoxy) is 1. The van der Waals surface area contributed by atoms with Gasteiger partial charge in [-0.3, -0.25) is 0 Å². The third-order valence-electron chi connectivity index (χ3n) is 1.28. The van der Waals surface area contributed by atoms with E-state index >= 15 is 0 Å². The van der Waals surface area contributed by atoms with Gasteiger partial charge in [-0.2, -0.15) is 0 Å². The van der Waals surface area contributed by atoms with Gasteiger partial charge in [0.15, 0.2) is 0 Å². The van der Waals surface area contributed by atoms with Crippen molar-refractivity contribution < 1.29 is 4.74 Å². The van der Waals surface area contributed by atoms with Crippen LogP contribution in [0.15, 0.2) is 17.5 Å². The molecule has 88 valence electrons. The number of rotatable bonds is 4. The molecule has 0 unspecified atom stereocenters. The summed E-state index contributed by atoms with van der Waals surface area (Å²) >= 11 is 1.75. The zero-order valence-corrected chi connectivity index (χ0v) is 11.4. The van der Waals surface area contributed by atoms with Crippen LogP contribution in [0.1, 0.15) is 39.5 Å². The minimum absolute atomic E-state index is 0.634. The van der Waals surface area contributed by atoms with Crippen molar-refractivity contribution in [2.45, 2.75) is 41.2 Å². The van der Waals surface area contributed by atoms with Crippen LogP contribution >= 0.6 is 11.3 Å². The smallest absolute Gasteiger partial charge is 0.0809 e. The van der Waals surface area contributed by atoms with Gasteiger partial charge in [0.05, 0.1) is 6.61 Å². The summed E-state index contributed by atoms with van der Waals surface area (Å²) in [5.74, 6) is 1.47. The van der Waals surface area contributed by atoms with E-state index in [1.165, 1.54) is 4.88 Å². The summed E-state index contributed by atoms with van der Waals surface area (Å²) in [6.45, 7) is 12.5. The maximum Gasteiger partial charge on any atom is 0.0809 e. The molecule has 0 amide bonds. The lowest BCUT2D eigenvalue weighted by Crippen LogP contribution is -2.00. The minimum atomic E-state index is 0.634. The fourth-order valence-electron chi connectivity index (χ4n) is 0.790. The topological polar surface area (TPSA) is 9.23 Å². The average molecular weight is 228 g/mol. The monoisotopic (exact) mass is 228 g/mol. The van der Waals surface area contributed by atoms with Crippen LogP contribution in [0.5, 0.6) is 0 Å². The van der Waals surface area contributed by atoms with Crippen molar-refractivity contribution in [3.63, 3.8) is 0 Å². The van der Waals surface area contributed by atoms with Crippen LogP contribution in [-0.4, -0.2) is 6.61 Å². The highest BCUT2D eigenvalue weighted by Gasteiger charge is 1.95. The molecule has 1 aromatic rings. The van der Waals surface area contributed by atoms with Gasteiger partial charge in [-0.1, -0.05) is 40.7 Å². The van der Waals surface area contributed by atoms with Crippen LogP contribution < -0.4 is 0 Å². The first kappa shape index (κ1) is 14.7. The van der Waals surface area contributed by atoms with E-state index in [-0.39, 0.29) is 0 Å². The lowest BCUT2D eigenvalue weighted by Gasteiger charge is -2.04. The van der Waals surface area contributed by atoms with Crippen LogP contribution in [0, 0.1) is 11.8 Å². The molecule has 1 nitrogen and oxygen atoms in total. The summed E-state index contributed by atoms with van der Waals surface area (Å²) in [6.07, 6.45) is 0. The highest BCUT2D eigenvalue weighted by atomic mass is 32.1. The Morgan fingerprint density at radius 2 is 1.80 bits per heavy atom. The number of hydrogen-bond donors (Lipinski definition) is 0. The third kappa shape index (κ3) is 11.6. The Labute approximate surface area is 98.5 Å². The van der Waals surface area contributed by atoms with Gasteiger partial charge >= 0.3 is 0 Å². The van der Waals surface area contributed by atoms with Crippen molar-refractivity contribution >= 4 is 11.3 Å². The molecule has 0 aliphatic rings. The summed E-state index contributed by atoms with van der Waals surface area (Å²) in [4.78, 5) is 1.31. The molecule has 1 heterocycles. The maximum absolute atomic E-state index is 5.45. The number of thiophene rings is 1. The van der Waals surface area contributed by atoms with Gasteiger partial charge in [0.25, 0.3) is 0 Å². The van der Waals surface area contributed by atoms with Gasteiger partial charge in [0, 0.05) is 11.5 Å². The van der Waals surface area contributed by atoms with Gasteiger partial charge in [0.1, 0.15) is 0 Å². The van der Waals surface area contributed by atoms with E-state index in [1.807, 2.05) is 0 Å². The largest absolute Gasteiger partial charge is 0.376 e. The van der Waals surface area contributed by atoms with Crippen molar-refractivity contribution in [1.29, 1.82) is 0 Å². The van der Waals surface area contributed by atoms with Crippen molar-refractivity contribution in [2.24, 2.45) is 11.8 Å². The molecular formula is C13H24OS. The van der Waals surface area contributed by atoms with E-state index in [2.05, 4.69) is 52.1 Å². The Bertz CT molecular complexity index is 212. The van der Waals surface area contributed by atoms with Crippen molar-refractivity contribution in [2.75, 3.05) is 6.61 Å². The van der Waals surface area contributed by atoms with Crippen LogP contribution in [0.25, 0.3) is 0 Å².